The minimum atomic E-state index is 0.375. The number of hydrogen-bond acceptors (Lipinski definition) is 6. The quantitative estimate of drug-likeness (QED) is 0.616. The number of nitrogen functional groups attached to an aromatic ring is 1. The van der Waals surface area contributed by atoms with Crippen LogP contribution in [0.3, 0.4) is 0 Å². The van der Waals surface area contributed by atoms with Gasteiger partial charge in [-0.3, -0.25) is 5.43 Å². The molecular formula is C10H16ClN5O. The number of nitrogens with zero attached hydrogens (tertiary/aromatic N) is 3. The van der Waals surface area contributed by atoms with Gasteiger partial charge in [-0.15, -0.1) is 0 Å². The van der Waals surface area contributed by atoms with Gasteiger partial charge in [0.15, 0.2) is 5.82 Å². The van der Waals surface area contributed by atoms with Crippen LogP contribution in [0.1, 0.15) is 6.42 Å². The number of aromatic nitrogens is 2. The van der Waals surface area contributed by atoms with E-state index in [9.17, 15) is 0 Å². The lowest BCUT2D eigenvalue weighted by atomic mass is 10.1. The van der Waals surface area contributed by atoms with Gasteiger partial charge in [0.05, 0.1) is 12.8 Å². The van der Waals surface area contributed by atoms with Crippen molar-refractivity contribution in [2.24, 2.45) is 11.8 Å². The Morgan fingerprint density at radius 2 is 2.53 bits per heavy atom. The van der Waals surface area contributed by atoms with Crippen molar-refractivity contribution in [1.29, 1.82) is 0 Å². The van der Waals surface area contributed by atoms with Crippen LogP contribution in [0.25, 0.3) is 0 Å². The fraction of sp³-hybridized carbons (Fsp3) is 0.600. The highest BCUT2D eigenvalue weighted by atomic mass is 35.5. The molecule has 0 saturated carbocycles. The summed E-state index contributed by atoms with van der Waals surface area (Å²) in [6.07, 6.45) is 2.64. The van der Waals surface area contributed by atoms with Crippen LogP contribution in [0.2, 0.25) is 5.02 Å². The number of methoxy groups -OCH3 is 1. The molecule has 6 nitrogen and oxygen atoms in total. The first kappa shape index (κ1) is 12.3. The SMILES string of the molecule is COCC1CCN(c2nc(NN)ncc2Cl)C1. The van der Waals surface area contributed by atoms with Gasteiger partial charge in [0.25, 0.3) is 0 Å². The molecule has 1 atom stereocenters. The van der Waals surface area contributed by atoms with E-state index >= 15 is 0 Å². The minimum absolute atomic E-state index is 0.375. The van der Waals surface area contributed by atoms with Crippen LogP contribution in [0.5, 0.6) is 0 Å². The zero-order valence-corrected chi connectivity index (χ0v) is 10.4. The summed E-state index contributed by atoms with van der Waals surface area (Å²) in [6, 6.07) is 0. The molecule has 1 aromatic heterocycles. The highest BCUT2D eigenvalue weighted by Gasteiger charge is 2.25. The van der Waals surface area contributed by atoms with E-state index in [0.717, 1.165) is 31.9 Å². The van der Waals surface area contributed by atoms with E-state index in [0.29, 0.717) is 16.9 Å². The van der Waals surface area contributed by atoms with Crippen molar-refractivity contribution in [3.05, 3.63) is 11.2 Å². The van der Waals surface area contributed by atoms with E-state index in [4.69, 9.17) is 22.2 Å². The van der Waals surface area contributed by atoms with Crippen LogP contribution in [0, 0.1) is 5.92 Å². The second-order valence-electron chi connectivity index (χ2n) is 4.07. The largest absolute Gasteiger partial charge is 0.384 e. The molecule has 2 heterocycles. The highest BCUT2D eigenvalue weighted by Crippen LogP contribution is 2.28. The van der Waals surface area contributed by atoms with Crippen molar-refractivity contribution >= 4 is 23.4 Å². The molecule has 0 aliphatic carbocycles. The number of nitrogens with two attached hydrogens (primary N) is 1. The number of nitrogens with one attached hydrogen (secondary N) is 1. The van der Waals surface area contributed by atoms with Gasteiger partial charge >= 0.3 is 0 Å². The van der Waals surface area contributed by atoms with Crippen molar-refractivity contribution in [3.63, 3.8) is 0 Å². The van der Waals surface area contributed by atoms with Crippen LogP contribution in [0.4, 0.5) is 11.8 Å². The molecule has 94 valence electrons. The third kappa shape index (κ3) is 2.77. The fourth-order valence-electron chi connectivity index (χ4n) is 2.05. The third-order valence-electron chi connectivity index (χ3n) is 2.84. The molecule has 2 rings (SSSR count). The average molecular weight is 258 g/mol. The standard InChI is InChI=1S/C10H16ClN5O/c1-17-6-7-2-3-16(5-7)9-8(11)4-13-10(14-9)15-12/h4,7H,2-3,5-6,12H2,1H3,(H,13,14,15). The van der Waals surface area contributed by atoms with Crippen molar-refractivity contribution < 1.29 is 4.74 Å². The number of anilines is 2. The highest BCUT2D eigenvalue weighted by molar-refractivity contribution is 6.32. The maximum atomic E-state index is 6.09. The summed E-state index contributed by atoms with van der Waals surface area (Å²) in [7, 11) is 1.72. The maximum absolute atomic E-state index is 6.09. The molecule has 7 heteroatoms. The van der Waals surface area contributed by atoms with E-state index in [1.165, 1.54) is 0 Å². The predicted molar refractivity (Wildman–Crippen MR) is 67.0 cm³/mol. The molecule has 0 radical (unpaired) electrons. The Morgan fingerprint density at radius 1 is 1.71 bits per heavy atom. The monoisotopic (exact) mass is 257 g/mol. The van der Waals surface area contributed by atoms with Gasteiger partial charge in [-0.05, 0) is 6.42 Å². The van der Waals surface area contributed by atoms with Crippen LogP contribution >= 0.6 is 11.6 Å². The first-order valence-corrected chi connectivity index (χ1v) is 5.85. The molecule has 17 heavy (non-hydrogen) atoms. The van der Waals surface area contributed by atoms with E-state index in [-0.39, 0.29) is 0 Å². The second kappa shape index (κ2) is 5.48. The fourth-order valence-corrected chi connectivity index (χ4v) is 2.26. The lowest BCUT2D eigenvalue weighted by molar-refractivity contribution is 0.161. The first-order valence-electron chi connectivity index (χ1n) is 5.47. The molecular weight excluding hydrogens is 242 g/mol. The summed E-state index contributed by atoms with van der Waals surface area (Å²) in [5.74, 6) is 6.92. The van der Waals surface area contributed by atoms with Crippen molar-refractivity contribution in [2.75, 3.05) is 37.1 Å². The number of halogens is 1. The Labute approximate surface area is 105 Å². The molecule has 0 aromatic carbocycles. The lowest BCUT2D eigenvalue weighted by Gasteiger charge is -2.18. The molecule has 1 aromatic rings. The van der Waals surface area contributed by atoms with Crippen LogP contribution in [0.15, 0.2) is 6.20 Å². The summed E-state index contributed by atoms with van der Waals surface area (Å²) in [6.45, 7) is 2.59. The summed E-state index contributed by atoms with van der Waals surface area (Å²) in [5.41, 5.74) is 2.42. The number of ether oxygens (including phenoxy) is 1. The van der Waals surface area contributed by atoms with E-state index in [1.54, 1.807) is 13.3 Å². The molecule has 0 amide bonds. The first-order chi connectivity index (χ1) is 8.24. The van der Waals surface area contributed by atoms with Gasteiger partial charge in [-0.25, -0.2) is 10.8 Å². The Kier molecular flexibility index (Phi) is 3.98. The molecule has 0 spiro atoms. The van der Waals surface area contributed by atoms with Gasteiger partial charge in [0.2, 0.25) is 5.95 Å². The second-order valence-corrected chi connectivity index (χ2v) is 4.47. The summed E-state index contributed by atoms with van der Waals surface area (Å²) >= 11 is 6.09. The van der Waals surface area contributed by atoms with Crippen molar-refractivity contribution in [1.82, 2.24) is 9.97 Å². The molecule has 1 aliphatic rings. The van der Waals surface area contributed by atoms with Crippen LogP contribution in [-0.4, -0.2) is 36.8 Å². The topological polar surface area (TPSA) is 76.3 Å². The minimum Gasteiger partial charge on any atom is -0.384 e. The van der Waals surface area contributed by atoms with Gasteiger partial charge in [0.1, 0.15) is 5.02 Å². The van der Waals surface area contributed by atoms with Gasteiger partial charge in [0, 0.05) is 26.1 Å². The Hall–Kier alpha value is -1.11. The normalized spacial score (nSPS) is 19.7. The Bertz CT molecular complexity index is 389. The third-order valence-corrected chi connectivity index (χ3v) is 3.11. The lowest BCUT2D eigenvalue weighted by Crippen LogP contribution is -2.23. The number of hydrogen-bond donors (Lipinski definition) is 2. The van der Waals surface area contributed by atoms with E-state index < -0.39 is 0 Å². The zero-order chi connectivity index (χ0) is 12.3. The van der Waals surface area contributed by atoms with E-state index in [1.807, 2.05) is 0 Å². The predicted octanol–water partition coefficient (Wildman–Crippen LogP) is 0.888. The Balaban J connectivity index is 2.12. The maximum Gasteiger partial charge on any atom is 0.239 e. The van der Waals surface area contributed by atoms with Crippen LogP contribution < -0.4 is 16.2 Å². The van der Waals surface area contributed by atoms with Gasteiger partial charge < -0.3 is 9.64 Å². The molecule has 1 aliphatic heterocycles. The van der Waals surface area contributed by atoms with Gasteiger partial charge in [-0.1, -0.05) is 11.6 Å². The summed E-state index contributed by atoms with van der Waals surface area (Å²) in [4.78, 5) is 10.4. The van der Waals surface area contributed by atoms with E-state index in [2.05, 4.69) is 20.3 Å². The number of hydrazine groups is 1. The molecule has 1 saturated heterocycles. The molecule has 1 unspecified atom stereocenters. The molecule has 0 bridgehead atoms. The van der Waals surface area contributed by atoms with Gasteiger partial charge in [-0.2, -0.15) is 4.98 Å². The smallest absolute Gasteiger partial charge is 0.239 e. The zero-order valence-electron chi connectivity index (χ0n) is 9.69. The van der Waals surface area contributed by atoms with Crippen molar-refractivity contribution in [2.45, 2.75) is 6.42 Å². The average Bonchev–Trinajstić information content (AvgIpc) is 2.79. The van der Waals surface area contributed by atoms with Crippen LogP contribution in [-0.2, 0) is 4.74 Å². The summed E-state index contributed by atoms with van der Waals surface area (Å²) < 4.78 is 5.16. The summed E-state index contributed by atoms with van der Waals surface area (Å²) in [5, 5.41) is 0.544. The number of rotatable bonds is 4. The molecule has 3 N–H and O–H groups in total. The van der Waals surface area contributed by atoms with Crippen molar-refractivity contribution in [3.8, 4) is 0 Å². The molecule has 1 fully saturated rings. The Morgan fingerprint density at radius 3 is 3.24 bits per heavy atom.